The van der Waals surface area contributed by atoms with Gasteiger partial charge in [-0.2, -0.15) is 0 Å². The summed E-state index contributed by atoms with van der Waals surface area (Å²) in [4.78, 5) is 10.9. The number of rotatable bonds is 5. The summed E-state index contributed by atoms with van der Waals surface area (Å²) >= 11 is 0. The van der Waals surface area contributed by atoms with Crippen LogP contribution < -0.4 is 0 Å². The van der Waals surface area contributed by atoms with Gasteiger partial charge in [0.15, 0.2) is 0 Å². The average Bonchev–Trinajstić information content (AvgIpc) is 2.01. The number of carbonyl (C=O) groups is 1. The quantitative estimate of drug-likeness (QED) is 0.662. The van der Waals surface area contributed by atoms with Crippen LogP contribution in [0, 0.1) is 5.92 Å². The zero-order valence-electron chi connectivity index (χ0n) is 8.16. The molecular weight excluding hydrogens is 168 g/mol. The average molecular weight is 186 g/mol. The predicted molar refractivity (Wildman–Crippen MR) is 49.2 cm³/mol. The van der Waals surface area contributed by atoms with Crippen LogP contribution in [0.15, 0.2) is 0 Å². The Labute approximate surface area is 79.1 Å². The molecule has 1 rings (SSSR count). The smallest absolute Gasteiger partial charge is 0.305 e. The number of aliphatic hydroxyl groups excluding tert-OH is 1. The second kappa shape index (κ2) is 5.22. The highest BCUT2D eigenvalue weighted by Gasteiger charge is 2.26. The Morgan fingerprint density at radius 3 is 2.77 bits per heavy atom. The summed E-state index contributed by atoms with van der Waals surface area (Å²) in [5, 5.41) is 9.02. The van der Waals surface area contributed by atoms with Crippen molar-refractivity contribution in [2.75, 3.05) is 6.61 Å². The Bertz CT molecular complexity index is 162. The van der Waals surface area contributed by atoms with Crippen LogP contribution in [-0.2, 0) is 9.53 Å². The van der Waals surface area contributed by atoms with Crippen LogP contribution in [0.3, 0.4) is 0 Å². The van der Waals surface area contributed by atoms with Crippen molar-refractivity contribution >= 4 is 5.97 Å². The molecule has 0 bridgehead atoms. The van der Waals surface area contributed by atoms with Gasteiger partial charge >= 0.3 is 5.97 Å². The molecule has 0 radical (unpaired) electrons. The molecule has 1 aliphatic carbocycles. The van der Waals surface area contributed by atoms with E-state index < -0.39 is 0 Å². The molecule has 0 aromatic rings. The molecule has 0 aliphatic heterocycles. The van der Waals surface area contributed by atoms with Crippen molar-refractivity contribution in [1.82, 2.24) is 0 Å². The summed E-state index contributed by atoms with van der Waals surface area (Å²) in [5.41, 5.74) is 0. The van der Waals surface area contributed by atoms with Crippen molar-refractivity contribution in [3.63, 3.8) is 0 Å². The predicted octanol–water partition coefficient (Wildman–Crippen LogP) is 1.49. The van der Waals surface area contributed by atoms with Gasteiger partial charge in [0.1, 0.15) is 0 Å². The molecule has 0 unspecified atom stereocenters. The van der Waals surface area contributed by atoms with E-state index in [4.69, 9.17) is 9.84 Å². The Morgan fingerprint density at radius 2 is 2.23 bits per heavy atom. The summed E-state index contributed by atoms with van der Waals surface area (Å²) in [6.07, 6.45) is 4.24. The van der Waals surface area contributed by atoms with Gasteiger partial charge in [-0.05, 0) is 38.5 Å². The fourth-order valence-electron chi connectivity index (χ4n) is 1.70. The summed E-state index contributed by atoms with van der Waals surface area (Å²) in [7, 11) is 0. The molecule has 0 aromatic heterocycles. The highest BCUT2D eigenvalue weighted by atomic mass is 16.5. The van der Waals surface area contributed by atoms with Crippen LogP contribution in [0.2, 0.25) is 0 Å². The lowest BCUT2D eigenvalue weighted by Crippen LogP contribution is -2.28. The number of ether oxygens (including phenoxy) is 1. The first-order valence-corrected chi connectivity index (χ1v) is 5.06. The van der Waals surface area contributed by atoms with E-state index in [1.165, 1.54) is 0 Å². The first-order valence-electron chi connectivity index (χ1n) is 5.06. The van der Waals surface area contributed by atoms with Gasteiger partial charge in [-0.1, -0.05) is 0 Å². The molecule has 13 heavy (non-hydrogen) atoms. The molecule has 1 N–H and O–H groups in total. The van der Waals surface area contributed by atoms with Gasteiger partial charge in [-0.25, -0.2) is 0 Å². The second-order valence-corrected chi connectivity index (χ2v) is 3.69. The third-order valence-corrected chi connectivity index (χ3v) is 2.51. The van der Waals surface area contributed by atoms with E-state index in [9.17, 15) is 4.79 Å². The first-order chi connectivity index (χ1) is 6.22. The van der Waals surface area contributed by atoms with Crippen molar-refractivity contribution in [1.29, 1.82) is 0 Å². The lowest BCUT2D eigenvalue weighted by Gasteiger charge is -2.31. The maximum Gasteiger partial charge on any atom is 0.305 e. The Balaban J connectivity index is 1.92. The van der Waals surface area contributed by atoms with Crippen molar-refractivity contribution < 1.29 is 14.6 Å². The molecule has 0 spiro atoms. The molecule has 1 aliphatic rings. The lowest BCUT2D eigenvalue weighted by molar-refractivity contribution is -0.143. The number of esters is 1. The molecule has 0 aromatic carbocycles. The van der Waals surface area contributed by atoms with E-state index in [0.717, 1.165) is 25.7 Å². The molecule has 3 heteroatoms. The number of aliphatic hydroxyl groups is 1. The maximum absolute atomic E-state index is 10.9. The van der Waals surface area contributed by atoms with Gasteiger partial charge in [0.25, 0.3) is 0 Å². The fourth-order valence-corrected chi connectivity index (χ4v) is 1.70. The number of hydrogen-bond donors (Lipinski definition) is 1. The topological polar surface area (TPSA) is 46.5 Å². The minimum atomic E-state index is -0.0950. The molecular formula is C10H18O3. The minimum Gasteiger partial charge on any atom is -0.466 e. The van der Waals surface area contributed by atoms with Gasteiger partial charge in [-0.15, -0.1) is 0 Å². The lowest BCUT2D eigenvalue weighted by atomic mass is 9.79. The van der Waals surface area contributed by atoms with Crippen molar-refractivity contribution in [3.8, 4) is 0 Å². The van der Waals surface area contributed by atoms with Crippen LogP contribution in [0.1, 0.15) is 39.0 Å². The molecule has 76 valence electrons. The van der Waals surface area contributed by atoms with E-state index in [2.05, 4.69) is 0 Å². The van der Waals surface area contributed by atoms with Crippen LogP contribution in [-0.4, -0.2) is 23.8 Å². The monoisotopic (exact) mass is 186 g/mol. The second-order valence-electron chi connectivity index (χ2n) is 3.69. The minimum absolute atomic E-state index is 0.0763. The van der Waals surface area contributed by atoms with E-state index in [-0.39, 0.29) is 12.1 Å². The van der Waals surface area contributed by atoms with Crippen molar-refractivity contribution in [3.05, 3.63) is 0 Å². The molecule has 0 amide bonds. The first kappa shape index (κ1) is 10.5. The Morgan fingerprint density at radius 1 is 1.54 bits per heavy atom. The largest absolute Gasteiger partial charge is 0.466 e. The van der Waals surface area contributed by atoms with Gasteiger partial charge in [0.2, 0.25) is 0 Å². The third-order valence-electron chi connectivity index (χ3n) is 2.51. The highest BCUT2D eigenvalue weighted by molar-refractivity contribution is 5.69. The summed E-state index contributed by atoms with van der Waals surface area (Å²) in [6.45, 7) is 2.29. The SMILES string of the molecule is CCOC(=O)CCCC1CC(O)C1. The van der Waals surface area contributed by atoms with Crippen LogP contribution in [0.4, 0.5) is 0 Å². The normalized spacial score (nSPS) is 26.6. The number of carbonyl (C=O) groups excluding carboxylic acids is 1. The van der Waals surface area contributed by atoms with E-state index in [1.807, 2.05) is 6.92 Å². The van der Waals surface area contributed by atoms with Crippen molar-refractivity contribution in [2.24, 2.45) is 5.92 Å². The zero-order chi connectivity index (χ0) is 9.68. The number of hydrogen-bond acceptors (Lipinski definition) is 3. The van der Waals surface area contributed by atoms with Crippen LogP contribution in [0.5, 0.6) is 0 Å². The van der Waals surface area contributed by atoms with E-state index in [0.29, 0.717) is 18.9 Å². The molecule has 0 heterocycles. The highest BCUT2D eigenvalue weighted by Crippen LogP contribution is 2.31. The molecule has 1 fully saturated rings. The Kier molecular flexibility index (Phi) is 4.22. The molecule has 3 nitrogen and oxygen atoms in total. The van der Waals surface area contributed by atoms with E-state index >= 15 is 0 Å². The van der Waals surface area contributed by atoms with Gasteiger partial charge in [0.05, 0.1) is 12.7 Å². The van der Waals surface area contributed by atoms with Gasteiger partial charge < -0.3 is 9.84 Å². The van der Waals surface area contributed by atoms with Crippen LogP contribution in [0.25, 0.3) is 0 Å². The van der Waals surface area contributed by atoms with Gasteiger partial charge in [0, 0.05) is 6.42 Å². The maximum atomic E-state index is 10.9. The summed E-state index contributed by atoms with van der Waals surface area (Å²) in [6, 6.07) is 0. The summed E-state index contributed by atoms with van der Waals surface area (Å²) < 4.78 is 4.81. The molecule has 1 saturated carbocycles. The summed E-state index contributed by atoms with van der Waals surface area (Å²) in [5.74, 6) is 0.548. The van der Waals surface area contributed by atoms with Gasteiger partial charge in [-0.3, -0.25) is 4.79 Å². The standard InChI is InChI=1S/C10H18O3/c1-2-13-10(12)5-3-4-8-6-9(11)7-8/h8-9,11H,2-7H2,1H3. The molecule has 0 saturated heterocycles. The zero-order valence-corrected chi connectivity index (χ0v) is 8.16. The molecule has 0 atom stereocenters. The van der Waals surface area contributed by atoms with Crippen LogP contribution >= 0.6 is 0 Å². The van der Waals surface area contributed by atoms with E-state index in [1.54, 1.807) is 0 Å². The van der Waals surface area contributed by atoms with Crippen molar-refractivity contribution in [2.45, 2.75) is 45.1 Å². The Hall–Kier alpha value is -0.570. The third kappa shape index (κ3) is 3.77. The fraction of sp³-hybridized carbons (Fsp3) is 0.900.